The van der Waals surface area contributed by atoms with Crippen molar-refractivity contribution in [3.63, 3.8) is 0 Å². The lowest BCUT2D eigenvalue weighted by atomic mass is 10.2. The highest BCUT2D eigenvalue weighted by atomic mass is 16.5. The van der Waals surface area contributed by atoms with Gasteiger partial charge in [0.05, 0.1) is 42.0 Å². The summed E-state index contributed by atoms with van der Waals surface area (Å²) in [4.78, 5) is 18.9. The predicted octanol–water partition coefficient (Wildman–Crippen LogP) is 3.19. The molecule has 2 N–H and O–H groups in total. The van der Waals surface area contributed by atoms with Crippen LogP contribution in [0.2, 0.25) is 0 Å². The molecule has 0 saturated carbocycles. The molecule has 26 heavy (non-hydrogen) atoms. The van der Waals surface area contributed by atoms with Gasteiger partial charge in [-0.3, -0.25) is 9.78 Å². The molecule has 1 aromatic carbocycles. The third-order valence-corrected chi connectivity index (χ3v) is 4.53. The summed E-state index contributed by atoms with van der Waals surface area (Å²) in [6.45, 7) is 7.25. The largest absolute Gasteiger partial charge is 0.378 e. The van der Waals surface area contributed by atoms with Crippen molar-refractivity contribution < 1.29 is 9.53 Å². The molecule has 6 heteroatoms. The predicted molar refractivity (Wildman–Crippen MR) is 104 cm³/mol. The zero-order chi connectivity index (χ0) is 18.4. The van der Waals surface area contributed by atoms with Crippen molar-refractivity contribution >= 4 is 23.0 Å². The van der Waals surface area contributed by atoms with Crippen LogP contribution in [0, 0.1) is 0 Å². The second-order valence-corrected chi connectivity index (χ2v) is 6.49. The Labute approximate surface area is 154 Å². The van der Waals surface area contributed by atoms with Crippen molar-refractivity contribution in [1.82, 2.24) is 10.3 Å². The Morgan fingerprint density at radius 2 is 2.04 bits per heavy atom. The van der Waals surface area contributed by atoms with E-state index in [2.05, 4.69) is 26.6 Å². The number of aromatic nitrogens is 1. The molecule has 0 aliphatic carbocycles. The Kier molecular flexibility index (Phi) is 6.07. The number of carbonyl (C=O) groups excluding carboxylic acids is 1. The molecule has 138 valence electrons. The fraction of sp³-hybridized carbons (Fsp3) is 0.400. The Morgan fingerprint density at radius 3 is 2.81 bits per heavy atom. The molecule has 0 spiro atoms. The minimum atomic E-state index is -0.100. The molecule has 6 nitrogen and oxygen atoms in total. The lowest BCUT2D eigenvalue weighted by Crippen LogP contribution is -2.36. The normalized spacial score (nSPS) is 15.4. The smallest absolute Gasteiger partial charge is 0.253 e. The molecule has 1 amide bonds. The van der Waals surface area contributed by atoms with E-state index in [0.717, 1.165) is 49.8 Å². The van der Waals surface area contributed by atoms with Gasteiger partial charge in [-0.25, -0.2) is 0 Å². The number of hydrogen-bond acceptors (Lipinski definition) is 5. The van der Waals surface area contributed by atoms with Crippen molar-refractivity contribution in [2.45, 2.75) is 26.3 Å². The van der Waals surface area contributed by atoms with Crippen molar-refractivity contribution in [2.24, 2.45) is 0 Å². The molecular formula is C20H26N4O2. The summed E-state index contributed by atoms with van der Waals surface area (Å²) >= 11 is 0. The maximum absolute atomic E-state index is 12.3. The maximum atomic E-state index is 12.3. The second kappa shape index (κ2) is 8.67. The summed E-state index contributed by atoms with van der Waals surface area (Å²) < 4.78 is 5.45. The highest BCUT2D eigenvalue weighted by molar-refractivity contribution is 5.95. The fourth-order valence-electron chi connectivity index (χ4n) is 2.86. The van der Waals surface area contributed by atoms with Crippen molar-refractivity contribution in [1.29, 1.82) is 0 Å². The second-order valence-electron chi connectivity index (χ2n) is 6.49. The zero-order valence-corrected chi connectivity index (χ0v) is 15.4. The molecule has 3 rings (SSSR count). The number of amides is 1. The van der Waals surface area contributed by atoms with Crippen LogP contribution in [0.25, 0.3) is 0 Å². The molecule has 1 aromatic heterocycles. The van der Waals surface area contributed by atoms with E-state index >= 15 is 0 Å². The quantitative estimate of drug-likeness (QED) is 0.834. The Balaban J connectivity index is 1.77. The first-order valence-corrected chi connectivity index (χ1v) is 9.12. The molecular weight excluding hydrogens is 328 g/mol. The molecule has 2 aromatic rings. The van der Waals surface area contributed by atoms with Crippen molar-refractivity contribution in [3.05, 3.63) is 48.3 Å². The SMILES string of the molecule is CCC(C)NC(=O)c1cncc(Nc2ccccc2N2CCOCC2)c1. The van der Waals surface area contributed by atoms with Crippen LogP contribution >= 0.6 is 0 Å². The van der Waals surface area contributed by atoms with E-state index < -0.39 is 0 Å². The van der Waals surface area contributed by atoms with Crippen molar-refractivity contribution in [2.75, 3.05) is 36.5 Å². The van der Waals surface area contributed by atoms with Crippen LogP contribution in [-0.2, 0) is 4.74 Å². The van der Waals surface area contributed by atoms with Crippen LogP contribution in [-0.4, -0.2) is 43.2 Å². The number of pyridine rings is 1. The number of rotatable bonds is 6. The molecule has 1 aliphatic heterocycles. The fourth-order valence-corrected chi connectivity index (χ4v) is 2.86. The number of carbonyl (C=O) groups is 1. The van der Waals surface area contributed by atoms with Gasteiger partial charge in [-0.05, 0) is 31.5 Å². The highest BCUT2D eigenvalue weighted by Gasteiger charge is 2.15. The van der Waals surface area contributed by atoms with E-state index in [1.807, 2.05) is 38.1 Å². The number of para-hydroxylation sites is 2. The zero-order valence-electron chi connectivity index (χ0n) is 15.4. The van der Waals surface area contributed by atoms with Gasteiger partial charge >= 0.3 is 0 Å². The minimum Gasteiger partial charge on any atom is -0.378 e. The monoisotopic (exact) mass is 354 g/mol. The van der Waals surface area contributed by atoms with Crippen LogP contribution in [0.5, 0.6) is 0 Å². The number of morpholine rings is 1. The maximum Gasteiger partial charge on any atom is 0.253 e. The first-order valence-electron chi connectivity index (χ1n) is 9.12. The number of nitrogens with one attached hydrogen (secondary N) is 2. The van der Waals surface area contributed by atoms with Crippen LogP contribution in [0.15, 0.2) is 42.7 Å². The van der Waals surface area contributed by atoms with Gasteiger partial charge in [0.2, 0.25) is 0 Å². The molecule has 1 saturated heterocycles. The standard InChI is InChI=1S/C20H26N4O2/c1-3-15(2)22-20(25)16-12-17(14-21-13-16)23-18-6-4-5-7-19(18)24-8-10-26-11-9-24/h4-7,12-15,23H,3,8-11H2,1-2H3,(H,22,25). The van der Waals surface area contributed by atoms with E-state index in [1.165, 1.54) is 0 Å². The number of hydrogen-bond donors (Lipinski definition) is 2. The van der Waals surface area contributed by atoms with E-state index in [1.54, 1.807) is 12.4 Å². The van der Waals surface area contributed by atoms with Crippen LogP contribution in [0.3, 0.4) is 0 Å². The first kappa shape index (κ1) is 18.2. The molecule has 1 aliphatic rings. The van der Waals surface area contributed by atoms with Gasteiger partial charge in [0.25, 0.3) is 5.91 Å². The van der Waals surface area contributed by atoms with E-state index in [4.69, 9.17) is 4.74 Å². The average Bonchev–Trinajstić information content (AvgIpc) is 2.69. The van der Waals surface area contributed by atoms with Crippen LogP contribution < -0.4 is 15.5 Å². The van der Waals surface area contributed by atoms with E-state index in [9.17, 15) is 4.79 Å². The molecule has 1 fully saturated rings. The average molecular weight is 354 g/mol. The molecule has 0 bridgehead atoms. The van der Waals surface area contributed by atoms with Gasteiger partial charge in [0.1, 0.15) is 0 Å². The summed E-state index contributed by atoms with van der Waals surface area (Å²) in [6, 6.07) is 10.1. The lowest BCUT2D eigenvalue weighted by Gasteiger charge is -2.30. The lowest BCUT2D eigenvalue weighted by molar-refractivity contribution is 0.0939. The summed E-state index contributed by atoms with van der Waals surface area (Å²) in [5.41, 5.74) is 3.47. The van der Waals surface area contributed by atoms with Gasteiger partial charge < -0.3 is 20.3 Å². The topological polar surface area (TPSA) is 66.5 Å². The number of benzene rings is 1. The number of ether oxygens (including phenoxy) is 1. The van der Waals surface area contributed by atoms with Gasteiger partial charge in [0, 0.05) is 25.3 Å². The molecule has 0 radical (unpaired) electrons. The molecule has 2 heterocycles. The summed E-state index contributed by atoms with van der Waals surface area (Å²) in [7, 11) is 0. The summed E-state index contributed by atoms with van der Waals surface area (Å²) in [5, 5.41) is 6.38. The molecule has 1 unspecified atom stereocenters. The third kappa shape index (κ3) is 4.52. The summed E-state index contributed by atoms with van der Waals surface area (Å²) in [5.74, 6) is -0.100. The van der Waals surface area contributed by atoms with Crippen LogP contribution in [0.4, 0.5) is 17.1 Å². The van der Waals surface area contributed by atoms with Gasteiger partial charge in [-0.2, -0.15) is 0 Å². The van der Waals surface area contributed by atoms with Crippen molar-refractivity contribution in [3.8, 4) is 0 Å². The Morgan fingerprint density at radius 1 is 1.27 bits per heavy atom. The summed E-state index contributed by atoms with van der Waals surface area (Å²) in [6.07, 6.45) is 4.22. The Hall–Kier alpha value is -2.60. The minimum absolute atomic E-state index is 0.100. The van der Waals surface area contributed by atoms with Gasteiger partial charge in [-0.15, -0.1) is 0 Å². The Bertz CT molecular complexity index is 744. The van der Waals surface area contributed by atoms with E-state index in [0.29, 0.717) is 5.56 Å². The van der Waals surface area contributed by atoms with Gasteiger partial charge in [0.15, 0.2) is 0 Å². The highest BCUT2D eigenvalue weighted by Crippen LogP contribution is 2.29. The first-order chi connectivity index (χ1) is 12.7. The number of nitrogens with zero attached hydrogens (tertiary/aromatic N) is 2. The third-order valence-electron chi connectivity index (χ3n) is 4.53. The van der Waals surface area contributed by atoms with Gasteiger partial charge in [-0.1, -0.05) is 19.1 Å². The van der Waals surface area contributed by atoms with Crippen LogP contribution in [0.1, 0.15) is 30.6 Å². The number of anilines is 3. The van der Waals surface area contributed by atoms with E-state index in [-0.39, 0.29) is 11.9 Å². The molecule has 1 atom stereocenters.